The minimum atomic E-state index is -1.92. The second-order valence-electron chi connectivity index (χ2n) is 5.47. The molecule has 0 bridgehead atoms. The molecule has 116 valence electrons. The summed E-state index contributed by atoms with van der Waals surface area (Å²) in [4.78, 5) is 13.3. The van der Waals surface area contributed by atoms with Gasteiger partial charge in [0.05, 0.1) is 12.8 Å². The second kappa shape index (κ2) is 5.88. The van der Waals surface area contributed by atoms with E-state index in [1.54, 1.807) is 0 Å². The van der Waals surface area contributed by atoms with Crippen LogP contribution in [-0.4, -0.2) is 41.9 Å². The summed E-state index contributed by atoms with van der Waals surface area (Å²) in [6.45, 7) is 0.950. The molecule has 0 N–H and O–H groups in total. The Hall–Kier alpha value is -2.21. The molecule has 0 unspecified atom stereocenters. The molecule has 0 aliphatic carbocycles. The van der Waals surface area contributed by atoms with Crippen LogP contribution in [0.25, 0.3) is 11.3 Å². The van der Waals surface area contributed by atoms with Gasteiger partial charge in [-0.1, -0.05) is 35.5 Å². The average molecular weight is 304 g/mol. The molecule has 1 atom stereocenters. The van der Waals surface area contributed by atoms with Crippen LogP contribution in [0.4, 0.5) is 4.39 Å². The highest BCUT2D eigenvalue weighted by Crippen LogP contribution is 2.28. The van der Waals surface area contributed by atoms with Gasteiger partial charge < -0.3 is 9.26 Å². The number of hydrogen-bond acceptors (Lipinski definition) is 5. The summed E-state index contributed by atoms with van der Waals surface area (Å²) in [5.74, 6) is -0.130. The maximum atomic E-state index is 14.4. The molecule has 2 aromatic rings. The molecule has 1 aliphatic heterocycles. The van der Waals surface area contributed by atoms with E-state index >= 15 is 0 Å². The molecule has 5 nitrogen and oxygen atoms in total. The summed E-state index contributed by atoms with van der Waals surface area (Å²) >= 11 is 0. The van der Waals surface area contributed by atoms with Gasteiger partial charge in [-0.25, -0.2) is 9.18 Å². The average Bonchev–Trinajstić information content (AvgIpc) is 3.16. The number of rotatable bonds is 4. The third-order valence-electron chi connectivity index (χ3n) is 3.85. The van der Waals surface area contributed by atoms with Gasteiger partial charge in [0.2, 0.25) is 5.67 Å². The Bertz CT molecular complexity index is 658. The zero-order chi connectivity index (χ0) is 15.6. The highest BCUT2D eigenvalue weighted by molar-refractivity contribution is 5.80. The highest BCUT2D eigenvalue weighted by Gasteiger charge is 2.46. The summed E-state index contributed by atoms with van der Waals surface area (Å²) < 4.78 is 24.2. The fourth-order valence-electron chi connectivity index (χ4n) is 2.69. The highest BCUT2D eigenvalue weighted by atomic mass is 19.1. The molecule has 1 aromatic heterocycles. The Morgan fingerprint density at radius 2 is 2.23 bits per heavy atom. The van der Waals surface area contributed by atoms with Crippen molar-refractivity contribution in [2.45, 2.75) is 18.6 Å². The first-order valence-corrected chi connectivity index (χ1v) is 7.11. The zero-order valence-corrected chi connectivity index (χ0v) is 12.3. The molecule has 1 fully saturated rings. The van der Waals surface area contributed by atoms with Crippen molar-refractivity contribution in [2.24, 2.45) is 0 Å². The van der Waals surface area contributed by atoms with Crippen LogP contribution < -0.4 is 0 Å². The Labute approximate surface area is 127 Å². The Morgan fingerprint density at radius 1 is 1.45 bits per heavy atom. The maximum Gasteiger partial charge on any atom is 0.345 e. The van der Waals surface area contributed by atoms with Gasteiger partial charge in [-0.05, 0) is 0 Å². The number of likely N-dealkylation sites (tertiary alicyclic amines) is 1. The molecule has 3 rings (SSSR count). The first-order valence-electron chi connectivity index (χ1n) is 7.11. The van der Waals surface area contributed by atoms with Crippen molar-refractivity contribution in [3.05, 3.63) is 42.1 Å². The number of carbonyl (C=O) groups is 1. The molecule has 0 saturated carbocycles. The van der Waals surface area contributed by atoms with Crippen LogP contribution in [0.5, 0.6) is 0 Å². The van der Waals surface area contributed by atoms with Crippen LogP contribution in [0.15, 0.2) is 40.9 Å². The normalized spacial score (nSPS) is 21.9. The molecule has 0 spiro atoms. The number of benzene rings is 1. The van der Waals surface area contributed by atoms with Crippen molar-refractivity contribution < 1.29 is 18.4 Å². The summed E-state index contributed by atoms with van der Waals surface area (Å²) in [7, 11) is 1.20. The molecule has 22 heavy (non-hydrogen) atoms. The molecular weight excluding hydrogens is 287 g/mol. The van der Waals surface area contributed by atoms with Crippen molar-refractivity contribution >= 4 is 5.97 Å². The lowest BCUT2D eigenvalue weighted by Crippen LogP contribution is -2.38. The van der Waals surface area contributed by atoms with Gasteiger partial charge in [-0.15, -0.1) is 0 Å². The number of alkyl halides is 1. The van der Waals surface area contributed by atoms with Gasteiger partial charge in [0.15, 0.2) is 5.76 Å². The largest absolute Gasteiger partial charge is 0.467 e. The summed E-state index contributed by atoms with van der Waals surface area (Å²) in [5.41, 5.74) is -0.258. The molecule has 0 amide bonds. The predicted octanol–water partition coefficient (Wildman–Crippen LogP) is 2.43. The van der Waals surface area contributed by atoms with E-state index in [1.807, 2.05) is 41.3 Å². The van der Waals surface area contributed by atoms with Crippen LogP contribution in [0, 0.1) is 0 Å². The SMILES string of the molecule is COC(=O)[C@]1(F)CCN(Cc2cc(-c3ccccc3)on2)C1. The molecule has 6 heteroatoms. The van der Waals surface area contributed by atoms with Crippen molar-refractivity contribution in [3.63, 3.8) is 0 Å². The van der Waals surface area contributed by atoms with E-state index in [-0.39, 0.29) is 13.0 Å². The lowest BCUT2D eigenvalue weighted by molar-refractivity contribution is -0.153. The predicted molar refractivity (Wildman–Crippen MR) is 77.7 cm³/mol. The molecule has 0 radical (unpaired) electrons. The van der Waals surface area contributed by atoms with E-state index in [2.05, 4.69) is 9.89 Å². The Morgan fingerprint density at radius 3 is 2.95 bits per heavy atom. The minimum absolute atomic E-state index is 0.0210. The zero-order valence-electron chi connectivity index (χ0n) is 12.3. The smallest absolute Gasteiger partial charge is 0.345 e. The fraction of sp³-hybridized carbons (Fsp3) is 0.375. The third-order valence-corrected chi connectivity index (χ3v) is 3.85. The van der Waals surface area contributed by atoms with E-state index in [9.17, 15) is 9.18 Å². The topological polar surface area (TPSA) is 55.6 Å². The number of ether oxygens (including phenoxy) is 1. The summed E-state index contributed by atoms with van der Waals surface area (Å²) in [5, 5.41) is 4.01. The van der Waals surface area contributed by atoms with Crippen LogP contribution in [0.2, 0.25) is 0 Å². The number of aromatic nitrogens is 1. The van der Waals surface area contributed by atoms with Gasteiger partial charge >= 0.3 is 5.97 Å². The van der Waals surface area contributed by atoms with Crippen molar-refractivity contribution in [3.8, 4) is 11.3 Å². The van der Waals surface area contributed by atoms with Crippen LogP contribution in [0.1, 0.15) is 12.1 Å². The van der Waals surface area contributed by atoms with Crippen molar-refractivity contribution in [1.82, 2.24) is 10.1 Å². The second-order valence-corrected chi connectivity index (χ2v) is 5.47. The van der Waals surface area contributed by atoms with Gasteiger partial charge in [0.1, 0.15) is 0 Å². The van der Waals surface area contributed by atoms with E-state index in [0.717, 1.165) is 5.56 Å². The van der Waals surface area contributed by atoms with Crippen LogP contribution in [-0.2, 0) is 16.1 Å². The van der Waals surface area contributed by atoms with Gasteiger partial charge in [-0.3, -0.25) is 4.90 Å². The fourth-order valence-corrected chi connectivity index (χ4v) is 2.69. The quantitative estimate of drug-likeness (QED) is 0.812. The number of esters is 1. The minimum Gasteiger partial charge on any atom is -0.467 e. The first-order chi connectivity index (χ1) is 10.6. The molecule has 1 aromatic carbocycles. The first kappa shape index (κ1) is 14.7. The van der Waals surface area contributed by atoms with Crippen molar-refractivity contribution in [2.75, 3.05) is 20.2 Å². The Kier molecular flexibility index (Phi) is 3.94. The van der Waals surface area contributed by atoms with E-state index in [4.69, 9.17) is 4.52 Å². The van der Waals surface area contributed by atoms with E-state index in [0.29, 0.717) is 24.5 Å². The van der Waals surface area contributed by atoms with Crippen LogP contribution >= 0.6 is 0 Å². The Balaban J connectivity index is 1.66. The number of nitrogens with zero attached hydrogens (tertiary/aromatic N) is 2. The molecule has 1 aliphatic rings. The number of methoxy groups -OCH3 is 1. The maximum absolute atomic E-state index is 14.4. The van der Waals surface area contributed by atoms with E-state index < -0.39 is 11.6 Å². The van der Waals surface area contributed by atoms with E-state index in [1.165, 1.54) is 7.11 Å². The molecular formula is C16H17FN2O3. The molecule has 2 heterocycles. The molecule has 1 saturated heterocycles. The van der Waals surface area contributed by atoms with Crippen molar-refractivity contribution in [1.29, 1.82) is 0 Å². The lowest BCUT2D eigenvalue weighted by atomic mass is 10.1. The lowest BCUT2D eigenvalue weighted by Gasteiger charge is -2.17. The van der Waals surface area contributed by atoms with Gasteiger partial charge in [0, 0.05) is 37.7 Å². The number of halogens is 1. The third kappa shape index (κ3) is 2.87. The van der Waals surface area contributed by atoms with Gasteiger partial charge in [-0.2, -0.15) is 0 Å². The summed E-state index contributed by atoms with van der Waals surface area (Å²) in [6.07, 6.45) is 0.142. The van der Waals surface area contributed by atoms with Gasteiger partial charge in [0.25, 0.3) is 0 Å². The number of hydrogen-bond donors (Lipinski definition) is 0. The summed E-state index contributed by atoms with van der Waals surface area (Å²) in [6, 6.07) is 11.5. The van der Waals surface area contributed by atoms with Crippen LogP contribution in [0.3, 0.4) is 0 Å². The monoisotopic (exact) mass is 304 g/mol. The number of carbonyl (C=O) groups excluding carboxylic acids is 1. The standard InChI is InChI=1S/C16H17FN2O3/c1-21-15(20)16(17)7-8-19(11-16)10-13-9-14(22-18-13)12-5-3-2-4-6-12/h2-6,9H,7-8,10-11H2,1H3/t16-/m0/s1.